The summed E-state index contributed by atoms with van der Waals surface area (Å²) in [6, 6.07) is 16.3. The van der Waals surface area contributed by atoms with Crippen LogP contribution in [0.1, 0.15) is 25.8 Å². The van der Waals surface area contributed by atoms with Crippen molar-refractivity contribution in [1.29, 1.82) is 0 Å². The summed E-state index contributed by atoms with van der Waals surface area (Å²) in [4.78, 5) is 30.3. The molecule has 0 atom stereocenters. The maximum atomic E-state index is 12.5. The number of carbonyl (C=O) groups is 2. The van der Waals surface area contributed by atoms with E-state index in [0.717, 1.165) is 26.4 Å². The number of hydrogen-bond donors (Lipinski definition) is 0. The minimum absolute atomic E-state index is 0.0703. The minimum atomic E-state index is -0.565. The quantitative estimate of drug-likeness (QED) is 0.603. The molecule has 0 aliphatic heterocycles. The third kappa shape index (κ3) is 5.16. The number of esters is 1. The first-order valence-corrected chi connectivity index (χ1v) is 9.93. The number of aromatic nitrogens is 1. The van der Waals surface area contributed by atoms with Gasteiger partial charge in [-0.15, -0.1) is 11.3 Å². The highest BCUT2D eigenvalue weighted by atomic mass is 32.1. The van der Waals surface area contributed by atoms with E-state index in [1.807, 2.05) is 30.3 Å². The lowest BCUT2D eigenvalue weighted by Gasteiger charge is -2.22. The molecule has 146 valence electrons. The monoisotopic (exact) mass is 396 g/mol. The normalized spacial score (nSPS) is 11.4. The summed E-state index contributed by atoms with van der Waals surface area (Å²) >= 11 is 1.51. The Kier molecular flexibility index (Phi) is 5.79. The number of thiazole rings is 1. The molecule has 5 nitrogen and oxygen atoms in total. The molecule has 1 heterocycles. The van der Waals surface area contributed by atoms with Gasteiger partial charge in [0, 0.05) is 7.05 Å². The molecule has 28 heavy (non-hydrogen) atoms. The van der Waals surface area contributed by atoms with Crippen molar-refractivity contribution < 1.29 is 14.3 Å². The zero-order valence-corrected chi connectivity index (χ0v) is 17.4. The van der Waals surface area contributed by atoms with E-state index < -0.39 is 11.6 Å². The molecule has 0 aliphatic carbocycles. The molecule has 6 heteroatoms. The number of fused-ring (bicyclic) bond motifs is 1. The van der Waals surface area contributed by atoms with Gasteiger partial charge in [0.15, 0.2) is 0 Å². The summed E-state index contributed by atoms with van der Waals surface area (Å²) in [6.07, 6.45) is 0.166. The number of amides is 1. The van der Waals surface area contributed by atoms with E-state index >= 15 is 0 Å². The zero-order chi connectivity index (χ0) is 20.3. The molecule has 2 aromatic carbocycles. The van der Waals surface area contributed by atoms with Gasteiger partial charge in [-0.2, -0.15) is 0 Å². The first-order valence-electron chi connectivity index (χ1n) is 9.12. The van der Waals surface area contributed by atoms with Gasteiger partial charge >= 0.3 is 5.97 Å². The molecule has 0 radical (unpaired) electrons. The van der Waals surface area contributed by atoms with E-state index in [4.69, 9.17) is 4.74 Å². The molecule has 0 unspecified atom stereocenters. The third-order valence-corrected chi connectivity index (χ3v) is 5.07. The first-order chi connectivity index (χ1) is 13.2. The SMILES string of the molecule is CN(CC(=O)OC(C)(C)C)C(=O)Cc1nc2ccc(-c3ccccc3)cc2s1. The van der Waals surface area contributed by atoms with Crippen molar-refractivity contribution in [3.05, 3.63) is 53.5 Å². The second-order valence-corrected chi connectivity index (χ2v) is 8.78. The Morgan fingerprint density at radius 1 is 1.07 bits per heavy atom. The lowest BCUT2D eigenvalue weighted by Crippen LogP contribution is -2.36. The van der Waals surface area contributed by atoms with Crippen LogP contribution in [0.25, 0.3) is 21.3 Å². The molecule has 0 fully saturated rings. The summed E-state index contributed by atoms with van der Waals surface area (Å²) in [5, 5.41) is 0.737. The topological polar surface area (TPSA) is 59.5 Å². The fourth-order valence-electron chi connectivity index (χ4n) is 2.78. The van der Waals surface area contributed by atoms with Crippen molar-refractivity contribution in [3.8, 4) is 11.1 Å². The van der Waals surface area contributed by atoms with E-state index in [0.29, 0.717) is 0 Å². The van der Waals surface area contributed by atoms with Gasteiger partial charge in [0.2, 0.25) is 5.91 Å². The highest BCUT2D eigenvalue weighted by Crippen LogP contribution is 2.28. The predicted molar refractivity (Wildman–Crippen MR) is 112 cm³/mol. The van der Waals surface area contributed by atoms with Crippen LogP contribution in [0.15, 0.2) is 48.5 Å². The average molecular weight is 397 g/mol. The smallest absolute Gasteiger partial charge is 0.326 e. The predicted octanol–water partition coefficient (Wildman–Crippen LogP) is 4.31. The summed E-state index contributed by atoms with van der Waals surface area (Å²) in [7, 11) is 1.60. The van der Waals surface area contributed by atoms with Crippen LogP contribution in [-0.4, -0.2) is 41.0 Å². The van der Waals surface area contributed by atoms with E-state index in [9.17, 15) is 9.59 Å². The van der Waals surface area contributed by atoms with Gasteiger partial charge in [-0.05, 0) is 44.0 Å². The summed E-state index contributed by atoms with van der Waals surface area (Å²) in [5.74, 6) is -0.576. The number of rotatable bonds is 5. The molecule has 0 aliphatic rings. The second-order valence-electron chi connectivity index (χ2n) is 7.67. The summed E-state index contributed by atoms with van der Waals surface area (Å²) < 4.78 is 6.31. The largest absolute Gasteiger partial charge is 0.459 e. The number of ether oxygens (including phenoxy) is 1. The Hall–Kier alpha value is -2.73. The minimum Gasteiger partial charge on any atom is -0.459 e. The Labute approximate surface area is 169 Å². The van der Waals surface area contributed by atoms with Gasteiger partial charge in [0.1, 0.15) is 17.2 Å². The molecule has 0 saturated carbocycles. The standard InChI is InChI=1S/C22H24N2O3S/c1-22(2,3)27-21(26)14-24(4)20(25)13-19-23-17-11-10-16(12-18(17)28-19)15-8-6-5-7-9-15/h5-12H,13-14H2,1-4H3. The molecular weight excluding hydrogens is 372 g/mol. The molecule has 3 aromatic rings. The van der Waals surface area contributed by atoms with Crippen LogP contribution in [0.3, 0.4) is 0 Å². The molecule has 1 amide bonds. The Morgan fingerprint density at radius 2 is 1.79 bits per heavy atom. The molecule has 0 N–H and O–H groups in total. The van der Waals surface area contributed by atoms with Crippen molar-refractivity contribution in [2.45, 2.75) is 32.8 Å². The molecule has 0 spiro atoms. The van der Waals surface area contributed by atoms with Crippen molar-refractivity contribution in [2.24, 2.45) is 0 Å². The molecule has 1 aromatic heterocycles. The van der Waals surface area contributed by atoms with Gasteiger partial charge < -0.3 is 9.64 Å². The van der Waals surface area contributed by atoms with Crippen LogP contribution in [-0.2, 0) is 20.7 Å². The van der Waals surface area contributed by atoms with Gasteiger partial charge in [-0.1, -0.05) is 36.4 Å². The fourth-order valence-corrected chi connectivity index (χ4v) is 3.78. The maximum absolute atomic E-state index is 12.5. The van der Waals surface area contributed by atoms with Gasteiger partial charge in [0.25, 0.3) is 0 Å². The van der Waals surface area contributed by atoms with Crippen LogP contribution in [0.2, 0.25) is 0 Å². The van der Waals surface area contributed by atoms with Crippen LogP contribution in [0, 0.1) is 0 Å². The zero-order valence-electron chi connectivity index (χ0n) is 16.6. The Morgan fingerprint density at radius 3 is 2.46 bits per heavy atom. The maximum Gasteiger partial charge on any atom is 0.326 e. The highest BCUT2D eigenvalue weighted by molar-refractivity contribution is 7.18. The van der Waals surface area contributed by atoms with E-state index in [1.54, 1.807) is 27.8 Å². The molecule has 0 bridgehead atoms. The van der Waals surface area contributed by atoms with Crippen molar-refractivity contribution in [1.82, 2.24) is 9.88 Å². The van der Waals surface area contributed by atoms with Crippen LogP contribution < -0.4 is 0 Å². The molecular formula is C22H24N2O3S. The van der Waals surface area contributed by atoms with E-state index in [2.05, 4.69) is 23.2 Å². The molecule has 0 saturated heterocycles. The van der Waals surface area contributed by atoms with Crippen molar-refractivity contribution in [2.75, 3.05) is 13.6 Å². The number of benzene rings is 2. The average Bonchev–Trinajstić information content (AvgIpc) is 3.02. The Bertz CT molecular complexity index is 990. The van der Waals surface area contributed by atoms with E-state index in [1.165, 1.54) is 16.2 Å². The lowest BCUT2D eigenvalue weighted by atomic mass is 10.1. The first kappa shape index (κ1) is 20.0. The highest BCUT2D eigenvalue weighted by Gasteiger charge is 2.20. The van der Waals surface area contributed by atoms with Gasteiger partial charge in [-0.25, -0.2) is 4.98 Å². The third-order valence-electron chi connectivity index (χ3n) is 4.05. The van der Waals surface area contributed by atoms with Crippen LogP contribution >= 0.6 is 11.3 Å². The number of likely N-dealkylation sites (N-methyl/N-ethyl adjacent to an activating group) is 1. The van der Waals surface area contributed by atoms with Crippen molar-refractivity contribution in [3.63, 3.8) is 0 Å². The lowest BCUT2D eigenvalue weighted by molar-refractivity contribution is -0.158. The number of carbonyl (C=O) groups excluding carboxylic acids is 2. The number of hydrogen-bond acceptors (Lipinski definition) is 5. The summed E-state index contributed by atoms with van der Waals surface area (Å²) in [6.45, 7) is 5.34. The van der Waals surface area contributed by atoms with Crippen LogP contribution in [0.4, 0.5) is 0 Å². The van der Waals surface area contributed by atoms with Gasteiger partial charge in [0.05, 0.1) is 16.6 Å². The number of nitrogens with zero attached hydrogens (tertiary/aromatic N) is 2. The fraction of sp³-hybridized carbons (Fsp3) is 0.318. The Balaban J connectivity index is 1.68. The second kappa shape index (κ2) is 8.10. The molecule has 3 rings (SSSR count). The van der Waals surface area contributed by atoms with E-state index in [-0.39, 0.29) is 18.9 Å². The van der Waals surface area contributed by atoms with Crippen LogP contribution in [0.5, 0.6) is 0 Å². The summed E-state index contributed by atoms with van der Waals surface area (Å²) in [5.41, 5.74) is 2.58. The van der Waals surface area contributed by atoms with Gasteiger partial charge in [-0.3, -0.25) is 9.59 Å². The van der Waals surface area contributed by atoms with Crippen molar-refractivity contribution >= 4 is 33.4 Å².